The summed E-state index contributed by atoms with van der Waals surface area (Å²) in [5.74, 6) is 1.80. The third-order valence-corrected chi connectivity index (χ3v) is 8.56. The van der Waals surface area contributed by atoms with Gasteiger partial charge in [0, 0.05) is 11.8 Å². The van der Waals surface area contributed by atoms with Gasteiger partial charge >= 0.3 is 5.97 Å². The predicted molar refractivity (Wildman–Crippen MR) is 106 cm³/mol. The van der Waals surface area contributed by atoms with Gasteiger partial charge in [-0.2, -0.15) is 0 Å². The van der Waals surface area contributed by atoms with Gasteiger partial charge < -0.3 is 9.84 Å². The molecule has 25 heavy (non-hydrogen) atoms. The molecule has 1 aromatic carbocycles. The largest absolute Gasteiger partial charge is 0.463 e. The van der Waals surface area contributed by atoms with Crippen LogP contribution in [0.15, 0.2) is 30.3 Å². The molecule has 1 heterocycles. The number of carbonyl (C=O) groups is 1. The molecular weight excluding hydrogens is 352 g/mol. The molecule has 0 bridgehead atoms. The maximum Gasteiger partial charge on any atom is 0.309 e. The number of hydrogen-bond acceptors (Lipinski definition) is 5. The lowest BCUT2D eigenvalue weighted by Crippen LogP contribution is -2.31. The summed E-state index contributed by atoms with van der Waals surface area (Å²) in [7, 11) is 0. The van der Waals surface area contributed by atoms with E-state index in [9.17, 15) is 9.90 Å². The highest BCUT2D eigenvalue weighted by atomic mass is 32.2. The summed E-state index contributed by atoms with van der Waals surface area (Å²) in [6, 6.07) is 10.5. The lowest BCUT2D eigenvalue weighted by atomic mass is 9.98. The molecule has 2 aliphatic rings. The predicted octanol–water partition coefficient (Wildman–Crippen LogP) is 4.29. The number of hydrogen-bond donors (Lipinski definition) is 1. The van der Waals surface area contributed by atoms with Crippen LogP contribution in [0.1, 0.15) is 39.7 Å². The van der Waals surface area contributed by atoms with Crippen molar-refractivity contribution in [1.82, 2.24) is 0 Å². The van der Waals surface area contributed by atoms with Crippen LogP contribution in [0.25, 0.3) is 0 Å². The first-order valence-electron chi connectivity index (χ1n) is 9.03. The number of ether oxygens (including phenoxy) is 1. The van der Waals surface area contributed by atoms with E-state index in [0.717, 1.165) is 11.5 Å². The Kier molecular flexibility index (Phi) is 5.48. The van der Waals surface area contributed by atoms with E-state index in [1.54, 1.807) is 0 Å². The van der Waals surface area contributed by atoms with Gasteiger partial charge in [0.25, 0.3) is 0 Å². The molecule has 2 fully saturated rings. The Balaban J connectivity index is 1.98. The normalized spacial score (nSPS) is 28.6. The molecule has 1 aliphatic carbocycles. The van der Waals surface area contributed by atoms with Gasteiger partial charge in [-0.15, -0.1) is 23.5 Å². The number of benzene rings is 1. The quantitative estimate of drug-likeness (QED) is 0.772. The summed E-state index contributed by atoms with van der Waals surface area (Å²) < 4.78 is 5.36. The lowest BCUT2D eigenvalue weighted by molar-refractivity contribution is -0.150. The molecule has 5 heteroatoms. The number of thioether (sulfide) groups is 2. The van der Waals surface area contributed by atoms with E-state index in [0.29, 0.717) is 0 Å². The van der Waals surface area contributed by atoms with Gasteiger partial charge in [0.15, 0.2) is 0 Å². The summed E-state index contributed by atoms with van der Waals surface area (Å²) in [4.78, 5) is 12.7. The number of aliphatic hydroxyl groups is 1. The molecule has 1 saturated heterocycles. The van der Waals surface area contributed by atoms with Crippen molar-refractivity contribution < 1.29 is 14.6 Å². The Morgan fingerprint density at radius 3 is 2.36 bits per heavy atom. The minimum atomic E-state index is -0.897. The monoisotopic (exact) mass is 380 g/mol. The highest BCUT2D eigenvalue weighted by molar-refractivity contribution is 8.18. The molecule has 0 spiro atoms. The fraction of sp³-hybridized carbons (Fsp3) is 0.650. The van der Waals surface area contributed by atoms with E-state index in [2.05, 4.69) is 24.3 Å². The number of carbonyl (C=O) groups excluding carboxylic acids is 1. The van der Waals surface area contributed by atoms with Crippen LogP contribution in [0.4, 0.5) is 0 Å². The van der Waals surface area contributed by atoms with Crippen molar-refractivity contribution in [1.29, 1.82) is 0 Å². The first-order chi connectivity index (χ1) is 11.8. The third kappa shape index (κ3) is 3.74. The molecule has 0 unspecified atom stereocenters. The Hall–Kier alpha value is -0.650. The fourth-order valence-corrected chi connectivity index (χ4v) is 7.81. The van der Waals surface area contributed by atoms with Crippen molar-refractivity contribution in [3.63, 3.8) is 0 Å². The molecular formula is C20H28O3S2. The molecule has 0 aromatic heterocycles. The van der Waals surface area contributed by atoms with E-state index < -0.39 is 5.60 Å². The summed E-state index contributed by atoms with van der Waals surface area (Å²) in [6.07, 6.45) is 1.06. The maximum atomic E-state index is 12.7. The molecule has 3 rings (SSSR count). The second kappa shape index (κ2) is 7.16. The summed E-state index contributed by atoms with van der Waals surface area (Å²) in [5.41, 5.74) is 0.356. The summed E-state index contributed by atoms with van der Waals surface area (Å²) >= 11 is 3.88. The molecule has 1 aliphatic heterocycles. The molecule has 3 atom stereocenters. The Morgan fingerprint density at radius 1 is 1.24 bits per heavy atom. The molecule has 1 aromatic rings. The Labute approximate surface area is 159 Å². The van der Waals surface area contributed by atoms with Gasteiger partial charge in [-0.3, -0.25) is 4.79 Å². The van der Waals surface area contributed by atoms with Gasteiger partial charge in [-0.1, -0.05) is 30.3 Å². The van der Waals surface area contributed by atoms with Crippen LogP contribution in [-0.2, 0) is 13.6 Å². The van der Waals surface area contributed by atoms with Gasteiger partial charge in [0.1, 0.15) is 0 Å². The SMILES string of the molecule is CC(C)OC(=O)[C@H]1[C@@H](C(C)(C)O)[C@@H]1C1(c2ccccc2)SCCCS1. The highest BCUT2D eigenvalue weighted by Gasteiger charge is 2.70. The van der Waals surface area contributed by atoms with E-state index in [-0.39, 0.29) is 33.9 Å². The average molecular weight is 381 g/mol. The molecule has 0 radical (unpaired) electrons. The van der Waals surface area contributed by atoms with Crippen molar-refractivity contribution in [2.75, 3.05) is 11.5 Å². The maximum absolute atomic E-state index is 12.7. The second-order valence-electron chi connectivity index (χ2n) is 7.80. The standard InChI is InChI=1S/C20H28O3S2/c1-13(2)23-18(21)15-16(19(3,4)22)17(15)20(24-11-8-12-25-20)14-9-6-5-7-10-14/h5-7,9-10,13,15-17,22H,8,11-12H2,1-4H3/t15-,16+,17+/m0/s1. The van der Waals surface area contributed by atoms with Crippen LogP contribution < -0.4 is 0 Å². The number of rotatable bonds is 5. The van der Waals surface area contributed by atoms with Crippen LogP contribution in [0.3, 0.4) is 0 Å². The van der Waals surface area contributed by atoms with Crippen molar-refractivity contribution in [2.45, 2.75) is 49.9 Å². The highest BCUT2D eigenvalue weighted by Crippen LogP contribution is 2.70. The number of esters is 1. The van der Waals surface area contributed by atoms with Crippen molar-refractivity contribution in [3.8, 4) is 0 Å². The zero-order valence-electron chi connectivity index (χ0n) is 15.4. The van der Waals surface area contributed by atoms with Crippen LogP contribution in [0.2, 0.25) is 0 Å². The Bertz CT molecular complexity index is 603. The van der Waals surface area contributed by atoms with E-state index >= 15 is 0 Å². The van der Waals surface area contributed by atoms with Gasteiger partial charge in [-0.05, 0) is 51.2 Å². The van der Waals surface area contributed by atoms with E-state index in [1.807, 2.05) is 57.3 Å². The Morgan fingerprint density at radius 2 is 1.84 bits per heavy atom. The minimum absolute atomic E-state index is 0.0722. The van der Waals surface area contributed by atoms with Crippen molar-refractivity contribution in [2.24, 2.45) is 17.8 Å². The minimum Gasteiger partial charge on any atom is -0.463 e. The molecule has 3 nitrogen and oxygen atoms in total. The topological polar surface area (TPSA) is 46.5 Å². The lowest BCUT2D eigenvalue weighted by Gasteiger charge is -2.38. The fourth-order valence-electron chi connectivity index (χ4n) is 4.04. The summed E-state index contributed by atoms with van der Waals surface area (Å²) in [6.45, 7) is 7.41. The second-order valence-corrected chi connectivity index (χ2v) is 10.7. The first-order valence-corrected chi connectivity index (χ1v) is 11.0. The van der Waals surface area contributed by atoms with Gasteiger partial charge in [-0.25, -0.2) is 0 Å². The zero-order chi connectivity index (χ0) is 18.2. The molecule has 1 N–H and O–H groups in total. The third-order valence-electron chi connectivity index (χ3n) is 5.00. The molecule has 1 saturated carbocycles. The first kappa shape index (κ1) is 19.1. The van der Waals surface area contributed by atoms with Gasteiger partial charge in [0.05, 0.1) is 21.7 Å². The summed E-state index contributed by atoms with van der Waals surface area (Å²) in [5, 5.41) is 10.7. The van der Waals surface area contributed by atoms with Crippen LogP contribution in [-0.4, -0.2) is 34.3 Å². The van der Waals surface area contributed by atoms with Crippen LogP contribution in [0.5, 0.6) is 0 Å². The van der Waals surface area contributed by atoms with Crippen molar-refractivity contribution >= 4 is 29.5 Å². The zero-order valence-corrected chi connectivity index (χ0v) is 17.0. The van der Waals surface area contributed by atoms with E-state index in [4.69, 9.17) is 4.74 Å². The average Bonchev–Trinajstić information content (AvgIpc) is 3.32. The van der Waals surface area contributed by atoms with E-state index in [1.165, 1.54) is 12.0 Å². The molecule has 0 amide bonds. The molecule has 138 valence electrons. The van der Waals surface area contributed by atoms with Gasteiger partial charge in [0.2, 0.25) is 0 Å². The smallest absolute Gasteiger partial charge is 0.309 e. The van der Waals surface area contributed by atoms with Crippen LogP contribution in [0, 0.1) is 17.8 Å². The van der Waals surface area contributed by atoms with Crippen molar-refractivity contribution in [3.05, 3.63) is 35.9 Å². The van der Waals surface area contributed by atoms with Crippen LogP contribution >= 0.6 is 23.5 Å².